The quantitative estimate of drug-likeness (QED) is 0.812. The maximum absolute atomic E-state index is 3.83. The number of hydrogen-bond donors (Lipinski definition) is 1. The van der Waals surface area contributed by atoms with Gasteiger partial charge in [-0.25, -0.2) is 5.10 Å². The molecule has 0 saturated carbocycles. The molecule has 0 atom stereocenters. The summed E-state index contributed by atoms with van der Waals surface area (Å²) < 4.78 is 0. The summed E-state index contributed by atoms with van der Waals surface area (Å²) in [7, 11) is 0. The summed E-state index contributed by atoms with van der Waals surface area (Å²) in [6, 6.07) is 8.03. The fourth-order valence-electron chi connectivity index (χ4n) is 1.08. The molecule has 0 radical (unpaired) electrons. The van der Waals surface area contributed by atoms with Crippen LogP contribution in [0.3, 0.4) is 0 Å². The van der Waals surface area contributed by atoms with Gasteiger partial charge < -0.3 is 0 Å². The molecule has 0 aliphatic carbocycles. The van der Waals surface area contributed by atoms with Crippen LogP contribution in [0.1, 0.15) is 5.56 Å². The number of H-pyrrole nitrogens is 1. The first-order chi connectivity index (χ1) is 6.40. The summed E-state index contributed by atoms with van der Waals surface area (Å²) in [5, 5.41) is 14.4. The molecule has 4 nitrogen and oxygen atoms in total. The van der Waals surface area contributed by atoms with Gasteiger partial charge in [-0.15, -0.1) is 5.10 Å². The summed E-state index contributed by atoms with van der Waals surface area (Å²) in [6.07, 6.45) is 0. The monoisotopic (exact) mass is 238 g/mol. The zero-order valence-corrected chi connectivity index (χ0v) is 8.32. The minimum atomic E-state index is 0.697. The topological polar surface area (TPSA) is 54.5 Å². The summed E-state index contributed by atoms with van der Waals surface area (Å²) in [5.74, 6) is 0.697. The molecule has 0 spiro atoms. The number of rotatable bonds is 2. The molecule has 0 fully saturated rings. The molecule has 66 valence electrons. The van der Waals surface area contributed by atoms with Gasteiger partial charge in [0.15, 0.2) is 5.82 Å². The zero-order chi connectivity index (χ0) is 9.10. The second-order valence-electron chi connectivity index (χ2n) is 2.58. The van der Waals surface area contributed by atoms with Crippen molar-refractivity contribution in [3.8, 4) is 11.4 Å². The first-order valence-electron chi connectivity index (χ1n) is 3.79. The van der Waals surface area contributed by atoms with Crippen molar-refractivity contribution in [1.29, 1.82) is 0 Å². The molecule has 0 bridgehead atoms. The van der Waals surface area contributed by atoms with Crippen LogP contribution in [0.2, 0.25) is 0 Å². The van der Waals surface area contributed by atoms with Crippen molar-refractivity contribution >= 4 is 15.9 Å². The van der Waals surface area contributed by atoms with Crippen molar-refractivity contribution in [2.75, 3.05) is 0 Å². The van der Waals surface area contributed by atoms with Crippen molar-refractivity contribution in [3.63, 3.8) is 0 Å². The summed E-state index contributed by atoms with van der Waals surface area (Å²) >= 11 is 3.39. The summed E-state index contributed by atoms with van der Waals surface area (Å²) in [5.41, 5.74) is 2.20. The molecule has 1 N–H and O–H groups in total. The average Bonchev–Trinajstić information content (AvgIpc) is 2.71. The van der Waals surface area contributed by atoms with E-state index >= 15 is 0 Å². The highest BCUT2D eigenvalue weighted by molar-refractivity contribution is 9.08. The Morgan fingerprint density at radius 2 is 2.31 bits per heavy atom. The molecule has 1 aromatic heterocycles. The molecule has 1 heterocycles. The first kappa shape index (κ1) is 8.37. The molecular formula is C8H7BrN4. The Balaban J connectivity index is 2.41. The standard InChI is InChI=1S/C8H7BrN4/c9-5-6-2-1-3-7(4-6)8-10-12-13-11-8/h1-4H,5H2,(H,10,11,12,13). The molecule has 2 rings (SSSR count). The highest BCUT2D eigenvalue weighted by Gasteiger charge is 2.01. The normalized spacial score (nSPS) is 10.2. The van der Waals surface area contributed by atoms with Crippen LogP contribution in [-0.4, -0.2) is 20.6 Å². The largest absolute Gasteiger partial charge is 0.239 e. The van der Waals surface area contributed by atoms with Gasteiger partial charge in [0.1, 0.15) is 0 Å². The Hall–Kier alpha value is -1.23. The predicted molar refractivity (Wildman–Crippen MR) is 52.2 cm³/mol. The third-order valence-electron chi connectivity index (χ3n) is 1.70. The SMILES string of the molecule is BrCc1cccc(-c2nnn[nH]2)c1. The minimum absolute atomic E-state index is 0.697. The highest BCUT2D eigenvalue weighted by Crippen LogP contribution is 2.16. The van der Waals surface area contributed by atoms with Gasteiger partial charge >= 0.3 is 0 Å². The van der Waals surface area contributed by atoms with Crippen molar-refractivity contribution < 1.29 is 0 Å². The number of benzene rings is 1. The molecule has 5 heteroatoms. The Bertz CT molecular complexity index is 385. The Kier molecular flexibility index (Phi) is 2.35. The van der Waals surface area contributed by atoms with Crippen molar-refractivity contribution in [2.24, 2.45) is 0 Å². The van der Waals surface area contributed by atoms with E-state index in [1.165, 1.54) is 5.56 Å². The molecule has 13 heavy (non-hydrogen) atoms. The van der Waals surface area contributed by atoms with Crippen LogP contribution in [0, 0.1) is 0 Å². The maximum atomic E-state index is 3.83. The average molecular weight is 239 g/mol. The third kappa shape index (κ3) is 1.75. The second kappa shape index (κ2) is 3.66. The van der Waals surface area contributed by atoms with Gasteiger partial charge in [-0.2, -0.15) is 0 Å². The van der Waals surface area contributed by atoms with Gasteiger partial charge in [0, 0.05) is 10.9 Å². The van der Waals surface area contributed by atoms with Gasteiger partial charge in [-0.1, -0.05) is 34.1 Å². The van der Waals surface area contributed by atoms with Crippen LogP contribution in [0.25, 0.3) is 11.4 Å². The lowest BCUT2D eigenvalue weighted by Gasteiger charge is -1.97. The number of alkyl halides is 1. The van der Waals surface area contributed by atoms with Crippen LogP contribution >= 0.6 is 15.9 Å². The van der Waals surface area contributed by atoms with Crippen molar-refractivity contribution in [2.45, 2.75) is 5.33 Å². The maximum Gasteiger partial charge on any atom is 0.179 e. The molecule has 0 aliphatic heterocycles. The number of nitrogens with one attached hydrogen (secondary N) is 1. The van der Waals surface area contributed by atoms with E-state index in [0.29, 0.717) is 5.82 Å². The fraction of sp³-hybridized carbons (Fsp3) is 0.125. The Labute approximate surface area is 83.5 Å². The third-order valence-corrected chi connectivity index (χ3v) is 2.35. The van der Waals surface area contributed by atoms with E-state index in [9.17, 15) is 0 Å². The zero-order valence-electron chi connectivity index (χ0n) is 6.74. The van der Waals surface area contributed by atoms with Crippen molar-refractivity contribution in [1.82, 2.24) is 20.6 Å². The van der Waals surface area contributed by atoms with Gasteiger partial charge in [-0.3, -0.25) is 0 Å². The summed E-state index contributed by atoms with van der Waals surface area (Å²) in [4.78, 5) is 0. The lowest BCUT2D eigenvalue weighted by molar-refractivity contribution is 0.881. The fourth-order valence-corrected chi connectivity index (χ4v) is 1.43. The lowest BCUT2D eigenvalue weighted by Crippen LogP contribution is -1.83. The van der Waals surface area contributed by atoms with Crippen LogP contribution in [0.5, 0.6) is 0 Å². The molecule has 0 amide bonds. The second-order valence-corrected chi connectivity index (χ2v) is 3.14. The van der Waals surface area contributed by atoms with Crippen LogP contribution in [-0.2, 0) is 5.33 Å². The van der Waals surface area contributed by atoms with E-state index in [0.717, 1.165) is 10.9 Å². The van der Waals surface area contributed by atoms with E-state index in [-0.39, 0.29) is 0 Å². The molecule has 0 unspecified atom stereocenters. The number of tetrazole rings is 1. The number of halogens is 1. The van der Waals surface area contributed by atoms with E-state index < -0.39 is 0 Å². The van der Waals surface area contributed by atoms with Gasteiger partial charge in [0.2, 0.25) is 0 Å². The van der Waals surface area contributed by atoms with E-state index in [4.69, 9.17) is 0 Å². The smallest absolute Gasteiger partial charge is 0.179 e. The van der Waals surface area contributed by atoms with Crippen LogP contribution in [0.15, 0.2) is 24.3 Å². The minimum Gasteiger partial charge on any atom is -0.239 e. The molecule has 2 aromatic rings. The van der Waals surface area contributed by atoms with Gasteiger partial charge in [0.25, 0.3) is 0 Å². The predicted octanol–water partition coefficient (Wildman–Crippen LogP) is 1.76. The molecule has 0 saturated heterocycles. The molecular weight excluding hydrogens is 232 g/mol. The lowest BCUT2D eigenvalue weighted by atomic mass is 10.1. The van der Waals surface area contributed by atoms with E-state index in [1.54, 1.807) is 0 Å². The van der Waals surface area contributed by atoms with Gasteiger partial charge in [-0.05, 0) is 22.1 Å². The summed E-state index contributed by atoms with van der Waals surface area (Å²) in [6.45, 7) is 0. The number of aromatic nitrogens is 4. The number of nitrogens with zero attached hydrogens (tertiary/aromatic N) is 3. The molecule has 0 aliphatic rings. The molecule has 1 aromatic carbocycles. The van der Waals surface area contributed by atoms with E-state index in [2.05, 4.69) is 36.6 Å². The number of aromatic amines is 1. The van der Waals surface area contributed by atoms with Crippen LogP contribution < -0.4 is 0 Å². The van der Waals surface area contributed by atoms with E-state index in [1.807, 2.05) is 24.3 Å². The van der Waals surface area contributed by atoms with Gasteiger partial charge in [0.05, 0.1) is 0 Å². The Morgan fingerprint density at radius 1 is 1.38 bits per heavy atom. The highest BCUT2D eigenvalue weighted by atomic mass is 79.9. The van der Waals surface area contributed by atoms with Crippen LogP contribution in [0.4, 0.5) is 0 Å². The Morgan fingerprint density at radius 3 is 3.00 bits per heavy atom. The van der Waals surface area contributed by atoms with Crippen molar-refractivity contribution in [3.05, 3.63) is 29.8 Å². The number of hydrogen-bond acceptors (Lipinski definition) is 3. The first-order valence-corrected chi connectivity index (χ1v) is 4.91.